The van der Waals surface area contributed by atoms with Gasteiger partial charge < -0.3 is 14.8 Å². The van der Waals surface area contributed by atoms with E-state index in [4.69, 9.17) is 0 Å². The fourth-order valence-corrected chi connectivity index (χ4v) is 3.88. The standard InChI is InChI=1S/C21H25N5/c1-14-15-6-10-24-21(23-8-5-11-25(2)3)17(15)12-16-18-13-22-9-7-19(18)26(4)20(14)16/h6-7,9-10,12-13H,5,8,11H2,1-4H3,(H,23,24). The molecular formula is C21H25N5. The third-order valence-electron chi connectivity index (χ3n) is 5.15. The predicted octanol–water partition coefficient (Wildman–Crippen LogP) is 3.95. The Hall–Kier alpha value is -2.66. The second kappa shape index (κ2) is 6.57. The second-order valence-electron chi connectivity index (χ2n) is 7.19. The van der Waals surface area contributed by atoms with E-state index >= 15 is 0 Å². The van der Waals surface area contributed by atoms with Crippen LogP contribution >= 0.6 is 0 Å². The number of fused-ring (bicyclic) bond motifs is 4. The lowest BCUT2D eigenvalue weighted by molar-refractivity contribution is 0.405. The van der Waals surface area contributed by atoms with E-state index in [2.05, 4.69) is 71.0 Å². The molecule has 1 aromatic carbocycles. The van der Waals surface area contributed by atoms with Crippen LogP contribution < -0.4 is 5.32 Å². The van der Waals surface area contributed by atoms with Gasteiger partial charge in [0.1, 0.15) is 5.82 Å². The molecule has 0 radical (unpaired) electrons. The Balaban J connectivity index is 1.87. The van der Waals surface area contributed by atoms with Crippen molar-refractivity contribution in [2.75, 3.05) is 32.5 Å². The number of rotatable bonds is 5. The highest BCUT2D eigenvalue weighted by Crippen LogP contribution is 2.36. The van der Waals surface area contributed by atoms with Crippen molar-refractivity contribution in [1.29, 1.82) is 0 Å². The summed E-state index contributed by atoms with van der Waals surface area (Å²) in [6.07, 6.45) is 6.81. The van der Waals surface area contributed by atoms with Gasteiger partial charge in [0.25, 0.3) is 0 Å². The summed E-state index contributed by atoms with van der Waals surface area (Å²) in [4.78, 5) is 11.2. The van der Waals surface area contributed by atoms with Crippen molar-refractivity contribution in [2.24, 2.45) is 7.05 Å². The number of aromatic nitrogens is 3. The number of pyridine rings is 2. The van der Waals surface area contributed by atoms with E-state index in [0.29, 0.717) is 0 Å². The molecule has 0 atom stereocenters. The molecule has 3 aromatic heterocycles. The molecule has 0 fully saturated rings. The van der Waals surface area contributed by atoms with Gasteiger partial charge in [-0.25, -0.2) is 4.98 Å². The van der Waals surface area contributed by atoms with Crippen molar-refractivity contribution in [3.63, 3.8) is 0 Å². The number of aryl methyl sites for hydroxylation is 2. The Bertz CT molecular complexity index is 1090. The number of benzene rings is 1. The summed E-state index contributed by atoms with van der Waals surface area (Å²) in [5, 5.41) is 8.39. The van der Waals surface area contributed by atoms with Crippen LogP contribution in [-0.2, 0) is 7.05 Å². The Morgan fingerprint density at radius 1 is 1.08 bits per heavy atom. The van der Waals surface area contributed by atoms with E-state index in [0.717, 1.165) is 25.3 Å². The molecule has 4 aromatic rings. The first-order valence-electron chi connectivity index (χ1n) is 9.07. The molecule has 0 saturated heterocycles. The van der Waals surface area contributed by atoms with Crippen LogP contribution in [0.25, 0.3) is 32.6 Å². The van der Waals surface area contributed by atoms with Crippen molar-refractivity contribution < 1.29 is 0 Å². The first-order valence-corrected chi connectivity index (χ1v) is 9.07. The lowest BCUT2D eigenvalue weighted by Crippen LogP contribution is -2.16. The molecule has 0 aliphatic rings. The molecule has 1 N–H and O–H groups in total. The average molecular weight is 347 g/mol. The monoisotopic (exact) mass is 347 g/mol. The summed E-state index contributed by atoms with van der Waals surface area (Å²) in [7, 11) is 6.33. The molecule has 3 heterocycles. The SMILES string of the molecule is Cc1c2ccnc(NCCCN(C)C)c2cc2c3cnccc3n(C)c12. The molecule has 5 nitrogen and oxygen atoms in total. The van der Waals surface area contributed by atoms with Gasteiger partial charge in [-0.15, -0.1) is 0 Å². The molecule has 0 saturated carbocycles. The summed E-state index contributed by atoms with van der Waals surface area (Å²) in [5.41, 5.74) is 3.77. The molecular weight excluding hydrogens is 322 g/mol. The van der Waals surface area contributed by atoms with Gasteiger partial charge in [0.15, 0.2) is 0 Å². The minimum atomic E-state index is 0.915. The van der Waals surface area contributed by atoms with Crippen molar-refractivity contribution in [1.82, 2.24) is 19.4 Å². The Morgan fingerprint density at radius 2 is 1.92 bits per heavy atom. The lowest BCUT2D eigenvalue weighted by Gasteiger charge is -2.13. The molecule has 0 amide bonds. The van der Waals surface area contributed by atoms with Gasteiger partial charge in [0, 0.05) is 48.3 Å². The van der Waals surface area contributed by atoms with E-state index in [-0.39, 0.29) is 0 Å². The molecule has 0 bridgehead atoms. The van der Waals surface area contributed by atoms with Gasteiger partial charge in [-0.3, -0.25) is 4.98 Å². The summed E-state index contributed by atoms with van der Waals surface area (Å²) >= 11 is 0. The summed E-state index contributed by atoms with van der Waals surface area (Å²) in [5.74, 6) is 0.965. The number of nitrogens with one attached hydrogen (secondary N) is 1. The third kappa shape index (κ3) is 2.69. The third-order valence-corrected chi connectivity index (χ3v) is 5.15. The van der Waals surface area contributed by atoms with Crippen molar-refractivity contribution in [3.05, 3.63) is 42.4 Å². The minimum Gasteiger partial charge on any atom is -0.370 e. The number of hydrogen-bond donors (Lipinski definition) is 1. The van der Waals surface area contributed by atoms with Crippen LogP contribution in [0.1, 0.15) is 12.0 Å². The van der Waals surface area contributed by atoms with Crippen LogP contribution in [-0.4, -0.2) is 46.6 Å². The van der Waals surface area contributed by atoms with Crippen molar-refractivity contribution in [2.45, 2.75) is 13.3 Å². The molecule has 4 rings (SSSR count). The molecule has 26 heavy (non-hydrogen) atoms. The molecule has 0 aliphatic carbocycles. The fraction of sp³-hybridized carbons (Fsp3) is 0.333. The van der Waals surface area contributed by atoms with Gasteiger partial charge in [0.2, 0.25) is 0 Å². The maximum Gasteiger partial charge on any atom is 0.133 e. The van der Waals surface area contributed by atoms with E-state index < -0.39 is 0 Å². The van der Waals surface area contributed by atoms with Crippen LogP contribution in [0.5, 0.6) is 0 Å². The first-order chi connectivity index (χ1) is 12.6. The van der Waals surface area contributed by atoms with E-state index in [1.54, 1.807) is 0 Å². The maximum atomic E-state index is 4.61. The number of hydrogen-bond acceptors (Lipinski definition) is 4. The van der Waals surface area contributed by atoms with Gasteiger partial charge in [0.05, 0.1) is 11.0 Å². The lowest BCUT2D eigenvalue weighted by atomic mass is 10.0. The molecule has 134 valence electrons. The molecule has 0 unspecified atom stereocenters. The predicted molar refractivity (Wildman–Crippen MR) is 110 cm³/mol. The smallest absolute Gasteiger partial charge is 0.133 e. The van der Waals surface area contributed by atoms with Gasteiger partial charge in [-0.2, -0.15) is 0 Å². The summed E-state index contributed by atoms with van der Waals surface area (Å²) < 4.78 is 2.27. The van der Waals surface area contributed by atoms with Crippen molar-refractivity contribution in [3.8, 4) is 0 Å². The normalized spacial score (nSPS) is 11.9. The highest BCUT2D eigenvalue weighted by atomic mass is 15.1. The van der Waals surface area contributed by atoms with Gasteiger partial charge in [-0.05, 0) is 63.1 Å². The second-order valence-corrected chi connectivity index (χ2v) is 7.19. The minimum absolute atomic E-state index is 0.915. The topological polar surface area (TPSA) is 46.0 Å². The van der Waals surface area contributed by atoms with Crippen molar-refractivity contribution >= 4 is 38.4 Å². The Labute approximate surface area is 153 Å². The number of nitrogens with zero attached hydrogens (tertiary/aromatic N) is 4. The average Bonchev–Trinajstić information content (AvgIpc) is 2.92. The molecule has 5 heteroatoms. The van der Waals surface area contributed by atoms with Crippen LogP contribution in [0.3, 0.4) is 0 Å². The zero-order chi connectivity index (χ0) is 18.3. The number of anilines is 1. The first kappa shape index (κ1) is 16.8. The zero-order valence-electron chi connectivity index (χ0n) is 15.9. The zero-order valence-corrected chi connectivity index (χ0v) is 15.9. The fourth-order valence-electron chi connectivity index (χ4n) is 3.88. The summed E-state index contributed by atoms with van der Waals surface area (Å²) in [6.45, 7) is 4.18. The highest BCUT2D eigenvalue weighted by Gasteiger charge is 2.15. The summed E-state index contributed by atoms with van der Waals surface area (Å²) in [6, 6.07) is 6.46. The molecule has 0 spiro atoms. The largest absolute Gasteiger partial charge is 0.370 e. The van der Waals surface area contributed by atoms with E-state index in [9.17, 15) is 0 Å². The quantitative estimate of drug-likeness (QED) is 0.555. The Kier molecular flexibility index (Phi) is 4.24. The maximum absolute atomic E-state index is 4.61. The van der Waals surface area contributed by atoms with E-state index in [1.807, 2.05) is 18.6 Å². The van der Waals surface area contributed by atoms with Crippen LogP contribution in [0, 0.1) is 6.92 Å². The highest BCUT2D eigenvalue weighted by molar-refractivity contribution is 6.15. The van der Waals surface area contributed by atoms with Crippen LogP contribution in [0.15, 0.2) is 36.8 Å². The van der Waals surface area contributed by atoms with Crippen LogP contribution in [0.4, 0.5) is 5.82 Å². The van der Waals surface area contributed by atoms with E-state index in [1.165, 1.54) is 38.1 Å². The van der Waals surface area contributed by atoms with Gasteiger partial charge in [-0.1, -0.05) is 0 Å². The molecule has 0 aliphatic heterocycles. The Morgan fingerprint density at radius 3 is 2.73 bits per heavy atom. The van der Waals surface area contributed by atoms with Gasteiger partial charge >= 0.3 is 0 Å². The van der Waals surface area contributed by atoms with Crippen LogP contribution in [0.2, 0.25) is 0 Å².